The molecule has 0 aliphatic carbocycles. The summed E-state index contributed by atoms with van der Waals surface area (Å²) in [6, 6.07) is 12.8. The summed E-state index contributed by atoms with van der Waals surface area (Å²) in [4.78, 5) is 45.6. The maximum Gasteiger partial charge on any atom is 0.410 e. The van der Waals surface area contributed by atoms with Crippen molar-refractivity contribution in [2.45, 2.75) is 90.5 Å². The minimum Gasteiger partial charge on any atom is -0.444 e. The lowest BCUT2D eigenvalue weighted by molar-refractivity contribution is 0.0208. The highest BCUT2D eigenvalue weighted by atomic mass is 32.1. The second kappa shape index (κ2) is 11.7. The third-order valence-corrected chi connectivity index (χ3v) is 9.79. The van der Waals surface area contributed by atoms with E-state index in [2.05, 4.69) is 46.4 Å². The highest BCUT2D eigenvalue weighted by Crippen LogP contribution is 2.39. The molecule has 2 amide bonds. The van der Waals surface area contributed by atoms with Crippen molar-refractivity contribution in [1.82, 2.24) is 29.7 Å². The number of benzene rings is 2. The zero-order chi connectivity index (χ0) is 33.1. The fourth-order valence-electron chi connectivity index (χ4n) is 6.60. The van der Waals surface area contributed by atoms with Crippen LogP contribution in [0.5, 0.6) is 0 Å². The molecule has 11 heteroatoms. The van der Waals surface area contributed by atoms with Crippen LogP contribution in [0.25, 0.3) is 42.7 Å². The van der Waals surface area contributed by atoms with Crippen LogP contribution in [0, 0.1) is 0 Å². The Bertz CT molecular complexity index is 1820. The van der Waals surface area contributed by atoms with Crippen molar-refractivity contribution >= 4 is 43.7 Å². The Morgan fingerprint density at radius 3 is 1.55 bits per heavy atom. The fourth-order valence-corrected chi connectivity index (χ4v) is 7.78. The summed E-state index contributed by atoms with van der Waals surface area (Å²) in [6.07, 6.45) is 6.67. The second-order valence-corrected chi connectivity index (χ2v) is 15.6. The minimum atomic E-state index is -0.541. The van der Waals surface area contributed by atoms with Crippen molar-refractivity contribution in [3.8, 4) is 22.5 Å². The first-order valence-corrected chi connectivity index (χ1v) is 17.2. The second-order valence-electron chi connectivity index (χ2n) is 14.6. The zero-order valence-electron chi connectivity index (χ0n) is 27.8. The molecule has 0 unspecified atom stereocenters. The van der Waals surface area contributed by atoms with Crippen LogP contribution < -0.4 is 0 Å². The van der Waals surface area contributed by atoms with Gasteiger partial charge in [-0.05, 0) is 79.4 Å². The van der Waals surface area contributed by atoms with Crippen molar-refractivity contribution < 1.29 is 19.1 Å². The molecular weight excluding hydrogens is 613 g/mol. The normalized spacial score (nSPS) is 18.9. The summed E-state index contributed by atoms with van der Waals surface area (Å²) in [6.45, 7) is 12.7. The molecule has 47 heavy (non-hydrogen) atoms. The Morgan fingerprint density at radius 1 is 0.723 bits per heavy atom. The number of hydrogen-bond donors (Lipinski definition) is 2. The van der Waals surface area contributed by atoms with Gasteiger partial charge in [0.25, 0.3) is 0 Å². The summed E-state index contributed by atoms with van der Waals surface area (Å²) in [7, 11) is 0. The molecule has 2 aromatic carbocycles. The number of aromatic amines is 2. The predicted molar refractivity (Wildman–Crippen MR) is 184 cm³/mol. The minimum absolute atomic E-state index is 0.123. The van der Waals surface area contributed by atoms with E-state index in [1.165, 1.54) is 20.2 Å². The van der Waals surface area contributed by atoms with Gasteiger partial charge in [-0.15, -0.1) is 11.3 Å². The molecule has 3 aromatic heterocycles. The van der Waals surface area contributed by atoms with Crippen LogP contribution in [0.4, 0.5) is 9.59 Å². The fraction of sp³-hybridized carbons (Fsp3) is 0.444. The molecular formula is C36H42N6O4S. The SMILES string of the molecule is CC(C)(C)OC(=O)N1CCC[C@H]1c1ncc(-c2ccc3c(c2)sc2cc(-c4cnc([C@@H]5CCCN5C(=O)OC(C)(C)C)[nH]4)ccc23)[nH]1. The number of rotatable bonds is 4. The smallest absolute Gasteiger partial charge is 0.410 e. The molecule has 0 radical (unpaired) electrons. The third kappa shape index (κ3) is 6.33. The van der Waals surface area contributed by atoms with Gasteiger partial charge in [-0.3, -0.25) is 9.80 Å². The van der Waals surface area contributed by atoms with Crippen LogP contribution in [0.2, 0.25) is 0 Å². The molecule has 246 valence electrons. The van der Waals surface area contributed by atoms with Crippen molar-refractivity contribution in [2.75, 3.05) is 13.1 Å². The molecule has 2 saturated heterocycles. The molecule has 2 atom stereocenters. The van der Waals surface area contributed by atoms with Crippen LogP contribution in [0.3, 0.4) is 0 Å². The molecule has 0 spiro atoms. The standard InChI is InChI=1S/C36H42N6O4S/c1-35(2,3)45-33(43)41-15-7-9-27(41)31-37-19-25(39-31)21-11-13-23-24-14-12-22(18-30(24)47-29(23)17-21)26-20-38-32(40-26)28-10-8-16-42(28)34(44)46-36(4,5)6/h11-14,17-20,27-28H,7-10,15-16H2,1-6H3,(H,37,39)(H,38,40)/t27-,28-/m0/s1. The Kier molecular flexibility index (Phi) is 7.77. The Balaban J connectivity index is 1.11. The van der Waals surface area contributed by atoms with Crippen molar-refractivity contribution in [3.05, 3.63) is 60.4 Å². The summed E-state index contributed by atoms with van der Waals surface area (Å²) in [5.74, 6) is 1.57. The molecule has 2 N–H and O–H groups in total. The van der Waals surface area contributed by atoms with E-state index in [0.29, 0.717) is 13.1 Å². The van der Waals surface area contributed by atoms with Crippen LogP contribution >= 0.6 is 11.3 Å². The van der Waals surface area contributed by atoms with E-state index in [1.54, 1.807) is 21.1 Å². The number of nitrogens with zero attached hydrogens (tertiary/aromatic N) is 4. The van der Waals surface area contributed by atoms with Gasteiger partial charge in [0, 0.05) is 44.4 Å². The van der Waals surface area contributed by atoms with E-state index in [9.17, 15) is 9.59 Å². The Hall–Kier alpha value is -4.38. The highest BCUT2D eigenvalue weighted by Gasteiger charge is 2.36. The molecule has 2 aliphatic rings. The molecule has 5 aromatic rings. The topological polar surface area (TPSA) is 116 Å². The monoisotopic (exact) mass is 654 g/mol. The number of H-pyrrole nitrogens is 2. The molecule has 2 fully saturated rings. The van der Waals surface area contributed by atoms with Crippen LogP contribution in [-0.2, 0) is 9.47 Å². The average Bonchev–Trinajstić information content (AvgIpc) is 3.83. The van der Waals surface area contributed by atoms with Gasteiger partial charge in [0.15, 0.2) is 0 Å². The summed E-state index contributed by atoms with van der Waals surface area (Å²) < 4.78 is 13.7. The molecule has 5 heterocycles. The quantitative estimate of drug-likeness (QED) is 0.200. The van der Waals surface area contributed by atoms with E-state index in [-0.39, 0.29) is 24.3 Å². The van der Waals surface area contributed by atoms with Crippen LogP contribution in [0.1, 0.15) is 91.0 Å². The van der Waals surface area contributed by atoms with Gasteiger partial charge in [0.2, 0.25) is 0 Å². The number of hydrogen-bond acceptors (Lipinski definition) is 7. The molecule has 0 saturated carbocycles. The van der Waals surface area contributed by atoms with E-state index < -0.39 is 11.2 Å². The summed E-state index contributed by atoms with van der Waals surface area (Å²) in [5.41, 5.74) is 2.87. The maximum absolute atomic E-state index is 12.8. The van der Waals surface area contributed by atoms with Gasteiger partial charge in [0.05, 0.1) is 35.9 Å². The Labute approximate surface area is 278 Å². The number of aromatic nitrogens is 4. The number of nitrogens with one attached hydrogen (secondary N) is 2. The lowest BCUT2D eigenvalue weighted by atomic mass is 10.1. The average molecular weight is 655 g/mol. The molecule has 10 nitrogen and oxygen atoms in total. The first-order valence-electron chi connectivity index (χ1n) is 16.4. The number of thiophene rings is 1. The van der Waals surface area contributed by atoms with Gasteiger partial charge in [0.1, 0.15) is 22.9 Å². The molecule has 2 aliphatic heterocycles. The first kappa shape index (κ1) is 31.2. The van der Waals surface area contributed by atoms with E-state index in [1.807, 2.05) is 53.9 Å². The van der Waals surface area contributed by atoms with Gasteiger partial charge in [-0.1, -0.05) is 24.3 Å². The van der Waals surface area contributed by atoms with E-state index in [4.69, 9.17) is 19.4 Å². The zero-order valence-corrected chi connectivity index (χ0v) is 28.7. The van der Waals surface area contributed by atoms with E-state index >= 15 is 0 Å². The van der Waals surface area contributed by atoms with Gasteiger partial charge in [-0.2, -0.15) is 0 Å². The Morgan fingerprint density at radius 2 is 1.15 bits per heavy atom. The van der Waals surface area contributed by atoms with Crippen LogP contribution in [0.15, 0.2) is 48.8 Å². The summed E-state index contributed by atoms with van der Waals surface area (Å²) in [5, 5.41) is 2.41. The largest absolute Gasteiger partial charge is 0.444 e. The predicted octanol–water partition coefficient (Wildman–Crippen LogP) is 8.98. The lowest BCUT2D eigenvalue weighted by Gasteiger charge is -2.27. The number of carbonyl (C=O) groups is 2. The highest BCUT2D eigenvalue weighted by molar-refractivity contribution is 7.25. The number of likely N-dealkylation sites (tertiary alicyclic amines) is 2. The van der Waals surface area contributed by atoms with Crippen molar-refractivity contribution in [1.29, 1.82) is 0 Å². The van der Waals surface area contributed by atoms with Crippen LogP contribution in [-0.4, -0.2) is 66.2 Å². The van der Waals surface area contributed by atoms with Gasteiger partial charge >= 0.3 is 12.2 Å². The van der Waals surface area contributed by atoms with Gasteiger partial charge < -0.3 is 19.4 Å². The van der Waals surface area contributed by atoms with Crippen molar-refractivity contribution in [3.63, 3.8) is 0 Å². The summed E-state index contributed by atoms with van der Waals surface area (Å²) >= 11 is 1.76. The van der Waals surface area contributed by atoms with E-state index in [0.717, 1.165) is 59.8 Å². The first-order chi connectivity index (χ1) is 22.3. The number of fused-ring (bicyclic) bond motifs is 3. The number of ether oxygens (including phenoxy) is 2. The van der Waals surface area contributed by atoms with Crippen molar-refractivity contribution in [2.24, 2.45) is 0 Å². The van der Waals surface area contributed by atoms with Gasteiger partial charge in [-0.25, -0.2) is 19.6 Å². The maximum atomic E-state index is 12.8. The third-order valence-electron chi connectivity index (χ3n) is 8.68. The molecule has 7 rings (SSSR count). The number of imidazole rings is 2. The lowest BCUT2D eigenvalue weighted by Crippen LogP contribution is -2.36. The number of carbonyl (C=O) groups excluding carboxylic acids is 2. The number of amides is 2. The molecule has 0 bridgehead atoms.